The summed E-state index contributed by atoms with van der Waals surface area (Å²) in [7, 11) is 1.75. The first-order valence-corrected chi connectivity index (χ1v) is 14.5. The van der Waals surface area contributed by atoms with Crippen LogP contribution in [0.5, 0.6) is 0 Å². The van der Waals surface area contributed by atoms with Crippen molar-refractivity contribution in [3.8, 4) is 0 Å². The zero-order valence-corrected chi connectivity index (χ0v) is 23.8. The first kappa shape index (κ1) is 28.4. The number of aryl methyl sites for hydroxylation is 1. The number of rotatable bonds is 12. The van der Waals surface area contributed by atoms with Crippen LogP contribution < -0.4 is 10.9 Å². The Morgan fingerprint density at radius 3 is 2.03 bits per heavy atom. The van der Waals surface area contributed by atoms with E-state index in [1.807, 2.05) is 49.4 Å². The van der Waals surface area contributed by atoms with Gasteiger partial charge < -0.3 is 5.32 Å². The predicted octanol–water partition coefficient (Wildman–Crippen LogP) is 6.28. The molecule has 1 amide bonds. The largest absolute Gasteiger partial charge is 0.355 e. The first-order valence-electron chi connectivity index (χ1n) is 13.6. The van der Waals surface area contributed by atoms with E-state index < -0.39 is 0 Å². The van der Waals surface area contributed by atoms with E-state index in [1.54, 1.807) is 11.6 Å². The lowest BCUT2D eigenvalue weighted by Gasteiger charge is -2.21. The van der Waals surface area contributed by atoms with Crippen LogP contribution in [0.2, 0.25) is 0 Å². The summed E-state index contributed by atoms with van der Waals surface area (Å²) >= 11 is 1.38. The average molecular weight is 540 g/mol. The molecule has 6 heteroatoms. The number of hydrogen-bond donors (Lipinski definition) is 1. The van der Waals surface area contributed by atoms with Crippen LogP contribution in [-0.4, -0.2) is 27.3 Å². The van der Waals surface area contributed by atoms with Crippen molar-refractivity contribution >= 4 is 17.7 Å². The van der Waals surface area contributed by atoms with E-state index in [0.717, 1.165) is 18.4 Å². The third-order valence-electron chi connectivity index (χ3n) is 7.00. The maximum absolute atomic E-state index is 13.3. The first-order chi connectivity index (χ1) is 19.0. The third-order valence-corrected chi connectivity index (χ3v) is 8.31. The van der Waals surface area contributed by atoms with Crippen LogP contribution in [0.25, 0.3) is 0 Å². The topological polar surface area (TPSA) is 64.0 Å². The summed E-state index contributed by atoms with van der Waals surface area (Å²) in [5.74, 6) is 0.189. The third kappa shape index (κ3) is 7.48. The highest BCUT2D eigenvalue weighted by molar-refractivity contribution is 8.00. The van der Waals surface area contributed by atoms with Gasteiger partial charge >= 0.3 is 0 Å². The number of carbonyl (C=O) groups is 1. The Kier molecular flexibility index (Phi) is 10.1. The molecule has 0 bridgehead atoms. The molecule has 39 heavy (non-hydrogen) atoms. The normalized spacial score (nSPS) is 11.9. The number of aromatic nitrogens is 2. The minimum atomic E-state index is -0.320. The van der Waals surface area contributed by atoms with Gasteiger partial charge in [-0.05, 0) is 36.5 Å². The van der Waals surface area contributed by atoms with Crippen molar-refractivity contribution in [2.24, 2.45) is 7.05 Å². The molecule has 0 aliphatic rings. The Morgan fingerprint density at radius 1 is 0.897 bits per heavy atom. The fourth-order valence-corrected chi connectivity index (χ4v) is 6.05. The molecule has 202 valence electrons. The SMILES string of the molecule is CCCC(Sc1nc(C)c(Cc2ccccc2)c(=O)n1C)C(=O)NCCC(c1ccccc1)c1ccccc1. The van der Waals surface area contributed by atoms with Gasteiger partial charge in [-0.25, -0.2) is 4.98 Å². The molecule has 1 N–H and O–H groups in total. The molecule has 4 rings (SSSR count). The van der Waals surface area contributed by atoms with Gasteiger partial charge in [0.1, 0.15) is 0 Å². The molecule has 3 aromatic carbocycles. The molecule has 1 heterocycles. The molecular weight excluding hydrogens is 502 g/mol. The monoisotopic (exact) mass is 539 g/mol. The van der Waals surface area contributed by atoms with Crippen LogP contribution in [0.3, 0.4) is 0 Å². The van der Waals surface area contributed by atoms with E-state index in [-0.39, 0.29) is 22.6 Å². The molecule has 0 fully saturated rings. The number of carbonyl (C=O) groups excluding carboxylic acids is 1. The van der Waals surface area contributed by atoms with E-state index in [4.69, 9.17) is 4.98 Å². The molecule has 1 atom stereocenters. The highest BCUT2D eigenvalue weighted by Gasteiger charge is 2.23. The molecule has 5 nitrogen and oxygen atoms in total. The Hall–Kier alpha value is -3.64. The van der Waals surface area contributed by atoms with E-state index in [9.17, 15) is 9.59 Å². The van der Waals surface area contributed by atoms with Gasteiger partial charge in [-0.3, -0.25) is 14.2 Å². The van der Waals surface area contributed by atoms with Crippen LogP contribution in [0.15, 0.2) is 101 Å². The molecule has 1 aromatic heterocycles. The maximum atomic E-state index is 13.3. The van der Waals surface area contributed by atoms with Gasteiger partial charge in [0.05, 0.1) is 5.25 Å². The van der Waals surface area contributed by atoms with Crippen LogP contribution in [0.4, 0.5) is 0 Å². The second-order valence-corrected chi connectivity index (χ2v) is 11.0. The summed E-state index contributed by atoms with van der Waals surface area (Å²) in [6.45, 7) is 4.52. The molecule has 0 aliphatic heterocycles. The number of amides is 1. The Balaban J connectivity index is 1.45. The van der Waals surface area contributed by atoms with Crippen LogP contribution in [0, 0.1) is 6.92 Å². The Labute approximate surface area is 235 Å². The highest BCUT2D eigenvalue weighted by atomic mass is 32.2. The minimum absolute atomic E-state index is 0.0120. The Morgan fingerprint density at radius 2 is 1.46 bits per heavy atom. The van der Waals surface area contributed by atoms with Crippen molar-refractivity contribution in [3.05, 3.63) is 129 Å². The lowest BCUT2D eigenvalue weighted by atomic mass is 9.88. The van der Waals surface area contributed by atoms with E-state index in [1.165, 1.54) is 22.9 Å². The van der Waals surface area contributed by atoms with Crippen molar-refractivity contribution in [1.82, 2.24) is 14.9 Å². The van der Waals surface area contributed by atoms with Crippen LogP contribution in [0.1, 0.15) is 60.1 Å². The van der Waals surface area contributed by atoms with Gasteiger partial charge in [-0.1, -0.05) is 116 Å². The summed E-state index contributed by atoms with van der Waals surface area (Å²) < 4.78 is 1.59. The van der Waals surface area contributed by atoms with Gasteiger partial charge in [0, 0.05) is 37.2 Å². The van der Waals surface area contributed by atoms with E-state index in [0.29, 0.717) is 35.8 Å². The second-order valence-electron chi connectivity index (χ2n) is 9.83. The van der Waals surface area contributed by atoms with Gasteiger partial charge in [0.25, 0.3) is 5.56 Å². The summed E-state index contributed by atoms with van der Waals surface area (Å²) in [4.78, 5) is 31.4. The smallest absolute Gasteiger partial charge is 0.257 e. The summed E-state index contributed by atoms with van der Waals surface area (Å²) in [6.07, 6.45) is 2.91. The highest BCUT2D eigenvalue weighted by Crippen LogP contribution is 2.28. The minimum Gasteiger partial charge on any atom is -0.355 e. The van der Waals surface area contributed by atoms with Gasteiger partial charge in [-0.2, -0.15) is 0 Å². The quantitative estimate of drug-likeness (QED) is 0.170. The van der Waals surface area contributed by atoms with Crippen molar-refractivity contribution in [3.63, 3.8) is 0 Å². The molecule has 0 spiro atoms. The van der Waals surface area contributed by atoms with Crippen LogP contribution >= 0.6 is 11.8 Å². The van der Waals surface area contributed by atoms with Crippen molar-refractivity contribution < 1.29 is 4.79 Å². The molecule has 0 saturated heterocycles. The summed E-state index contributed by atoms with van der Waals surface area (Å²) in [5, 5.41) is 3.43. The number of hydrogen-bond acceptors (Lipinski definition) is 4. The number of nitrogens with one attached hydrogen (secondary N) is 1. The van der Waals surface area contributed by atoms with Crippen LogP contribution in [-0.2, 0) is 18.3 Å². The maximum Gasteiger partial charge on any atom is 0.257 e. The lowest BCUT2D eigenvalue weighted by Crippen LogP contribution is -2.35. The summed E-state index contributed by atoms with van der Waals surface area (Å²) in [5.41, 5.74) is 4.90. The lowest BCUT2D eigenvalue weighted by molar-refractivity contribution is -0.120. The van der Waals surface area contributed by atoms with E-state index >= 15 is 0 Å². The second kappa shape index (κ2) is 13.9. The van der Waals surface area contributed by atoms with Crippen molar-refractivity contribution in [2.75, 3.05) is 6.54 Å². The van der Waals surface area contributed by atoms with Gasteiger partial charge in [0.2, 0.25) is 5.91 Å². The van der Waals surface area contributed by atoms with E-state index in [2.05, 4.69) is 60.8 Å². The average Bonchev–Trinajstić information content (AvgIpc) is 2.97. The van der Waals surface area contributed by atoms with Crippen molar-refractivity contribution in [2.45, 2.75) is 55.9 Å². The number of nitrogens with zero attached hydrogens (tertiary/aromatic N) is 2. The fraction of sp³-hybridized carbons (Fsp3) is 0.303. The molecular formula is C33H37N3O2S. The van der Waals surface area contributed by atoms with Gasteiger partial charge in [-0.15, -0.1) is 0 Å². The molecule has 1 unspecified atom stereocenters. The zero-order chi connectivity index (χ0) is 27.6. The standard InChI is InChI=1S/C33H37N3O2S/c1-4-14-30(39-33-35-24(2)29(32(38)36(33)3)23-25-15-8-5-9-16-25)31(37)34-22-21-28(26-17-10-6-11-18-26)27-19-12-7-13-20-27/h5-13,15-20,28,30H,4,14,21-23H2,1-3H3,(H,34,37). The summed E-state index contributed by atoms with van der Waals surface area (Å²) in [6, 6.07) is 30.8. The fourth-order valence-electron chi connectivity index (χ4n) is 4.82. The molecule has 0 aliphatic carbocycles. The van der Waals surface area contributed by atoms with Crippen molar-refractivity contribution in [1.29, 1.82) is 0 Å². The number of benzene rings is 3. The predicted molar refractivity (Wildman–Crippen MR) is 160 cm³/mol. The molecule has 0 saturated carbocycles. The molecule has 4 aromatic rings. The van der Waals surface area contributed by atoms with Gasteiger partial charge in [0.15, 0.2) is 5.16 Å². The Bertz CT molecular complexity index is 1370. The molecule has 0 radical (unpaired) electrons. The zero-order valence-electron chi connectivity index (χ0n) is 23.0. The number of thioether (sulfide) groups is 1.